The van der Waals surface area contributed by atoms with Gasteiger partial charge in [0.1, 0.15) is 0 Å². The van der Waals surface area contributed by atoms with Crippen LogP contribution in [0, 0.1) is 0 Å². The highest BCUT2D eigenvalue weighted by Gasteiger charge is 2.20. The van der Waals surface area contributed by atoms with Crippen LogP contribution in [0.25, 0.3) is 6.08 Å². The minimum absolute atomic E-state index is 1.13. The summed E-state index contributed by atoms with van der Waals surface area (Å²) in [5, 5.41) is 0. The van der Waals surface area contributed by atoms with Gasteiger partial charge in [-0.3, -0.25) is 0 Å². The van der Waals surface area contributed by atoms with E-state index in [1.165, 1.54) is 17.8 Å². The number of fused-ring (bicyclic) bond motifs is 1. The van der Waals surface area contributed by atoms with E-state index in [2.05, 4.69) is 25.5 Å². The Morgan fingerprint density at radius 2 is 2.36 bits per heavy atom. The Bertz CT molecular complexity index is 351. The quantitative estimate of drug-likeness (QED) is 0.720. The Labute approximate surface area is 90.1 Å². The van der Waals surface area contributed by atoms with Crippen LogP contribution in [0.2, 0.25) is 0 Å². The van der Waals surface area contributed by atoms with E-state index in [1.54, 1.807) is 16.0 Å². The number of hydrogen-bond donors (Lipinski definition) is 0. The highest BCUT2D eigenvalue weighted by Crippen LogP contribution is 2.33. The zero-order chi connectivity index (χ0) is 10.1. The van der Waals surface area contributed by atoms with Crippen molar-refractivity contribution in [3.8, 4) is 0 Å². The van der Waals surface area contributed by atoms with Crippen LogP contribution in [0.5, 0.6) is 0 Å². The summed E-state index contributed by atoms with van der Waals surface area (Å²) in [5.74, 6) is 0. The van der Waals surface area contributed by atoms with Gasteiger partial charge in [-0.05, 0) is 31.0 Å². The van der Waals surface area contributed by atoms with Crippen LogP contribution in [0.3, 0.4) is 0 Å². The highest BCUT2D eigenvalue weighted by molar-refractivity contribution is 7.13. The molecule has 1 aliphatic heterocycles. The van der Waals surface area contributed by atoms with Crippen molar-refractivity contribution in [1.29, 1.82) is 0 Å². The first-order valence-corrected chi connectivity index (χ1v) is 6.02. The highest BCUT2D eigenvalue weighted by atomic mass is 32.1. The molecule has 0 unspecified atom stereocenters. The predicted octanol–water partition coefficient (Wildman–Crippen LogP) is 2.94. The van der Waals surface area contributed by atoms with Crippen molar-refractivity contribution in [3.63, 3.8) is 0 Å². The Morgan fingerprint density at radius 1 is 1.57 bits per heavy atom. The van der Waals surface area contributed by atoms with Crippen molar-refractivity contribution in [2.24, 2.45) is 0 Å². The topological polar surface area (TPSA) is 3.24 Å². The molecular weight excluding hydrogens is 190 g/mol. The zero-order valence-corrected chi connectivity index (χ0v) is 9.78. The third-order valence-electron chi connectivity index (χ3n) is 2.93. The lowest BCUT2D eigenvalue weighted by molar-refractivity contribution is 0.316. The van der Waals surface area contributed by atoms with Gasteiger partial charge in [0, 0.05) is 22.8 Å². The van der Waals surface area contributed by atoms with Gasteiger partial charge in [0.05, 0.1) is 0 Å². The molecule has 14 heavy (non-hydrogen) atoms. The fraction of sp³-hybridized carbons (Fsp3) is 0.500. The normalized spacial score (nSPS) is 16.7. The Kier molecular flexibility index (Phi) is 2.75. The summed E-state index contributed by atoms with van der Waals surface area (Å²) in [4.78, 5) is 5.35. The van der Waals surface area contributed by atoms with Crippen molar-refractivity contribution in [2.45, 2.75) is 26.3 Å². The van der Waals surface area contributed by atoms with Crippen molar-refractivity contribution < 1.29 is 0 Å². The molecule has 76 valence electrons. The van der Waals surface area contributed by atoms with Crippen LogP contribution < -0.4 is 0 Å². The lowest BCUT2D eigenvalue weighted by atomic mass is 10.0. The molecular formula is C12H17NS. The molecule has 2 rings (SSSR count). The molecule has 1 aromatic rings. The fourth-order valence-electron chi connectivity index (χ4n) is 2.17. The molecule has 0 atom stereocenters. The van der Waals surface area contributed by atoms with E-state index in [-0.39, 0.29) is 0 Å². The Balaban J connectivity index is 2.45. The molecule has 0 N–H and O–H groups in total. The van der Waals surface area contributed by atoms with Crippen molar-refractivity contribution in [2.75, 3.05) is 13.6 Å². The fourth-order valence-corrected chi connectivity index (χ4v) is 3.54. The van der Waals surface area contributed by atoms with Crippen LogP contribution in [-0.4, -0.2) is 18.5 Å². The number of hydrogen-bond acceptors (Lipinski definition) is 2. The molecule has 0 saturated carbocycles. The minimum atomic E-state index is 1.13. The molecule has 0 fully saturated rings. The lowest BCUT2D eigenvalue weighted by Crippen LogP contribution is -2.25. The standard InChI is InChI=1S/C12H17NS/c1-4-9-10-6-7-13(3)8-12(10)14-11(9)5-2/h5H,2,4,6-8H2,1,3H3. The first-order chi connectivity index (χ1) is 6.76. The molecule has 1 nitrogen and oxygen atoms in total. The Morgan fingerprint density at radius 3 is 3.00 bits per heavy atom. The first-order valence-electron chi connectivity index (χ1n) is 5.20. The van der Waals surface area contributed by atoms with E-state index < -0.39 is 0 Å². The number of rotatable bonds is 2. The van der Waals surface area contributed by atoms with Gasteiger partial charge >= 0.3 is 0 Å². The van der Waals surface area contributed by atoms with Crippen LogP contribution in [0.1, 0.15) is 27.8 Å². The molecule has 2 heterocycles. The van der Waals surface area contributed by atoms with Gasteiger partial charge < -0.3 is 4.90 Å². The van der Waals surface area contributed by atoms with Gasteiger partial charge in [0.2, 0.25) is 0 Å². The van der Waals surface area contributed by atoms with Gasteiger partial charge in [-0.25, -0.2) is 0 Å². The Hall–Kier alpha value is -0.600. The SMILES string of the molecule is C=Cc1sc2c(c1CC)CCN(C)C2. The summed E-state index contributed by atoms with van der Waals surface area (Å²) in [5.41, 5.74) is 3.17. The molecule has 0 spiro atoms. The summed E-state index contributed by atoms with van der Waals surface area (Å²) < 4.78 is 0. The second kappa shape index (κ2) is 3.87. The van der Waals surface area contributed by atoms with Gasteiger partial charge in [-0.15, -0.1) is 11.3 Å². The molecule has 0 aromatic carbocycles. The van der Waals surface area contributed by atoms with E-state index in [0.29, 0.717) is 0 Å². The number of thiophene rings is 1. The van der Waals surface area contributed by atoms with Crippen LogP contribution in [-0.2, 0) is 19.4 Å². The maximum atomic E-state index is 3.90. The molecule has 1 aromatic heterocycles. The molecule has 0 amide bonds. The minimum Gasteiger partial charge on any atom is -0.301 e. The smallest absolute Gasteiger partial charge is 0.0328 e. The van der Waals surface area contributed by atoms with Crippen LogP contribution >= 0.6 is 11.3 Å². The van der Waals surface area contributed by atoms with Gasteiger partial charge in [0.25, 0.3) is 0 Å². The number of nitrogens with zero attached hydrogens (tertiary/aromatic N) is 1. The molecule has 0 saturated heterocycles. The zero-order valence-electron chi connectivity index (χ0n) is 8.97. The van der Waals surface area contributed by atoms with E-state index in [9.17, 15) is 0 Å². The molecule has 1 aliphatic rings. The van der Waals surface area contributed by atoms with Crippen LogP contribution in [0.15, 0.2) is 6.58 Å². The van der Waals surface area contributed by atoms with E-state index >= 15 is 0 Å². The maximum Gasteiger partial charge on any atom is 0.0328 e. The predicted molar refractivity (Wildman–Crippen MR) is 63.8 cm³/mol. The summed E-state index contributed by atoms with van der Waals surface area (Å²) in [6, 6.07) is 0. The average molecular weight is 207 g/mol. The third-order valence-corrected chi connectivity index (χ3v) is 4.18. The molecule has 0 radical (unpaired) electrons. The molecule has 0 bridgehead atoms. The van der Waals surface area contributed by atoms with Gasteiger partial charge in [-0.1, -0.05) is 19.6 Å². The van der Waals surface area contributed by atoms with Crippen LogP contribution in [0.4, 0.5) is 0 Å². The lowest BCUT2D eigenvalue weighted by Gasteiger charge is -2.22. The summed E-state index contributed by atoms with van der Waals surface area (Å²) in [6.45, 7) is 8.47. The second-order valence-corrected chi connectivity index (χ2v) is 5.03. The summed E-state index contributed by atoms with van der Waals surface area (Å²) in [7, 11) is 2.20. The monoisotopic (exact) mass is 207 g/mol. The molecule has 2 heteroatoms. The van der Waals surface area contributed by atoms with Crippen molar-refractivity contribution in [3.05, 3.63) is 27.5 Å². The van der Waals surface area contributed by atoms with Gasteiger partial charge in [0.15, 0.2) is 0 Å². The van der Waals surface area contributed by atoms with Crippen molar-refractivity contribution in [1.82, 2.24) is 4.90 Å². The number of likely N-dealkylation sites (N-methyl/N-ethyl adjacent to an activating group) is 1. The second-order valence-electron chi connectivity index (χ2n) is 3.89. The largest absolute Gasteiger partial charge is 0.301 e. The third kappa shape index (κ3) is 1.53. The van der Waals surface area contributed by atoms with E-state index in [1.807, 2.05) is 17.4 Å². The summed E-state index contributed by atoms with van der Waals surface area (Å²) >= 11 is 1.93. The summed E-state index contributed by atoms with van der Waals surface area (Å²) in [6.07, 6.45) is 4.39. The average Bonchev–Trinajstić information content (AvgIpc) is 2.54. The maximum absolute atomic E-state index is 3.90. The van der Waals surface area contributed by atoms with E-state index in [0.717, 1.165) is 13.0 Å². The van der Waals surface area contributed by atoms with E-state index in [4.69, 9.17) is 0 Å². The van der Waals surface area contributed by atoms with Crippen molar-refractivity contribution >= 4 is 17.4 Å². The van der Waals surface area contributed by atoms with Gasteiger partial charge in [-0.2, -0.15) is 0 Å². The molecule has 0 aliphatic carbocycles. The first kappa shape index (κ1) is 9.94.